The second-order valence-electron chi connectivity index (χ2n) is 7.20. The summed E-state index contributed by atoms with van der Waals surface area (Å²) in [6.45, 7) is 2.16. The van der Waals surface area contributed by atoms with Gasteiger partial charge in [-0.2, -0.15) is 4.31 Å². The number of carbonyl (C=O) groups is 2. The van der Waals surface area contributed by atoms with E-state index < -0.39 is 38.1 Å². The molecule has 27 heavy (non-hydrogen) atoms. The molecule has 3 rings (SSSR count). The van der Waals surface area contributed by atoms with Crippen LogP contribution in [0.25, 0.3) is 0 Å². The molecule has 1 saturated heterocycles. The summed E-state index contributed by atoms with van der Waals surface area (Å²) in [5.74, 6) is -1.05. The van der Waals surface area contributed by atoms with Gasteiger partial charge in [-0.25, -0.2) is 8.42 Å². The maximum absolute atomic E-state index is 12.6. The highest BCUT2D eigenvalue weighted by molar-refractivity contribution is 7.89. The number of nitrogens with zero attached hydrogens (tertiary/aromatic N) is 1. The van der Waals surface area contributed by atoms with Gasteiger partial charge in [0.2, 0.25) is 10.0 Å². The first kappa shape index (κ1) is 20.6. The van der Waals surface area contributed by atoms with Gasteiger partial charge < -0.3 is 4.74 Å². The molecule has 0 spiro atoms. The van der Waals surface area contributed by atoms with E-state index in [2.05, 4.69) is 0 Å². The number of hydrogen-bond acceptors (Lipinski definition) is 5. The van der Waals surface area contributed by atoms with Crippen molar-refractivity contribution >= 4 is 45.0 Å². The Bertz CT molecular complexity index is 847. The molecule has 2 fully saturated rings. The van der Waals surface area contributed by atoms with Crippen LogP contribution >= 0.6 is 23.2 Å². The lowest BCUT2D eigenvalue weighted by atomic mass is 10.1. The number of carbonyl (C=O) groups excluding carboxylic acids is 2. The van der Waals surface area contributed by atoms with E-state index in [4.69, 9.17) is 27.9 Å². The minimum atomic E-state index is -3.55. The molecule has 0 amide bonds. The Balaban J connectivity index is 1.61. The van der Waals surface area contributed by atoms with Gasteiger partial charge in [-0.3, -0.25) is 9.59 Å². The molecule has 1 aromatic rings. The molecule has 0 bridgehead atoms. The Labute approximate surface area is 168 Å². The summed E-state index contributed by atoms with van der Waals surface area (Å²) in [6.07, 6.45) is 3.02. The van der Waals surface area contributed by atoms with Gasteiger partial charge in [-0.1, -0.05) is 6.42 Å². The summed E-state index contributed by atoms with van der Waals surface area (Å²) in [7, 11) is -3.55. The van der Waals surface area contributed by atoms with Crippen LogP contribution in [0.1, 0.15) is 43.0 Å². The molecule has 1 heterocycles. The first-order valence-corrected chi connectivity index (χ1v) is 11.0. The first-order valence-electron chi connectivity index (χ1n) is 8.76. The summed E-state index contributed by atoms with van der Waals surface area (Å²) >= 11 is 11.8. The molecule has 9 heteroatoms. The van der Waals surface area contributed by atoms with E-state index in [1.54, 1.807) is 6.92 Å². The topological polar surface area (TPSA) is 80.8 Å². The predicted octanol–water partition coefficient (Wildman–Crippen LogP) is 3.17. The minimum Gasteiger partial charge on any atom is -0.457 e. The van der Waals surface area contributed by atoms with E-state index in [-0.39, 0.29) is 16.9 Å². The fraction of sp³-hybridized carbons (Fsp3) is 0.556. The molecular weight excluding hydrogens is 413 g/mol. The lowest BCUT2D eigenvalue weighted by Crippen LogP contribution is -2.35. The van der Waals surface area contributed by atoms with Gasteiger partial charge in [0.05, 0.1) is 4.90 Å². The molecular formula is C18H21Cl2NO5S. The van der Waals surface area contributed by atoms with Gasteiger partial charge in [0, 0.05) is 25.1 Å². The summed E-state index contributed by atoms with van der Waals surface area (Å²) in [5, 5.41) is 0. The summed E-state index contributed by atoms with van der Waals surface area (Å²) < 4.78 is 30.6. The second-order valence-corrected chi connectivity index (χ2v) is 10.6. The van der Waals surface area contributed by atoms with E-state index in [0.717, 1.165) is 19.3 Å². The summed E-state index contributed by atoms with van der Waals surface area (Å²) in [4.78, 5) is 24.4. The van der Waals surface area contributed by atoms with Crippen molar-refractivity contribution in [2.24, 2.45) is 5.41 Å². The van der Waals surface area contributed by atoms with Crippen molar-refractivity contribution in [1.29, 1.82) is 0 Å². The normalized spacial score (nSPS) is 25.0. The number of sulfonamides is 1. The van der Waals surface area contributed by atoms with Crippen molar-refractivity contribution in [3.8, 4) is 0 Å². The number of alkyl halides is 2. The Hall–Kier alpha value is -1.15. The van der Waals surface area contributed by atoms with Gasteiger partial charge in [-0.05, 0) is 44.0 Å². The van der Waals surface area contributed by atoms with Crippen LogP contribution < -0.4 is 0 Å². The van der Waals surface area contributed by atoms with Crippen LogP contribution in [0.2, 0.25) is 0 Å². The largest absolute Gasteiger partial charge is 0.457 e. The van der Waals surface area contributed by atoms with E-state index in [9.17, 15) is 18.0 Å². The number of esters is 1. The maximum Gasteiger partial charge on any atom is 0.315 e. The van der Waals surface area contributed by atoms with Gasteiger partial charge in [0.15, 0.2) is 12.4 Å². The van der Waals surface area contributed by atoms with Crippen molar-refractivity contribution in [2.45, 2.75) is 41.8 Å². The number of halogens is 2. The molecule has 1 atom stereocenters. The van der Waals surface area contributed by atoms with E-state index in [1.807, 2.05) is 0 Å². The smallest absolute Gasteiger partial charge is 0.315 e. The minimum absolute atomic E-state index is 0.150. The van der Waals surface area contributed by atoms with Gasteiger partial charge in [0.1, 0.15) is 9.75 Å². The standard InChI is InChI=1S/C18H21Cl2NO5S/c1-17(12-18(17,19)20)16(23)26-11-15(22)13-5-7-14(8-6-13)27(24,25)21-9-3-2-4-10-21/h5-8H,2-4,9-12H2,1H3/t17-/m0/s1. The molecule has 0 unspecified atom stereocenters. The molecule has 0 N–H and O–H groups in total. The van der Waals surface area contributed by atoms with Crippen LogP contribution in [0.15, 0.2) is 29.2 Å². The summed E-state index contributed by atoms with van der Waals surface area (Å²) in [5.41, 5.74) is -0.729. The highest BCUT2D eigenvalue weighted by Gasteiger charge is 2.69. The van der Waals surface area contributed by atoms with Crippen LogP contribution in [0.3, 0.4) is 0 Å². The number of ketones is 1. The first-order chi connectivity index (χ1) is 12.6. The van der Waals surface area contributed by atoms with Crippen molar-refractivity contribution in [1.82, 2.24) is 4.31 Å². The molecule has 148 valence electrons. The summed E-state index contributed by atoms with van der Waals surface area (Å²) in [6, 6.07) is 5.67. The van der Waals surface area contributed by atoms with Crippen LogP contribution in [0.5, 0.6) is 0 Å². The Morgan fingerprint density at radius 3 is 2.19 bits per heavy atom. The van der Waals surface area contributed by atoms with Crippen LogP contribution in [0.4, 0.5) is 0 Å². The van der Waals surface area contributed by atoms with Gasteiger partial charge >= 0.3 is 5.97 Å². The number of benzene rings is 1. The third-order valence-corrected chi connectivity index (χ3v) is 8.19. The van der Waals surface area contributed by atoms with Gasteiger partial charge in [-0.15, -0.1) is 23.2 Å². The zero-order valence-electron chi connectivity index (χ0n) is 14.9. The molecule has 6 nitrogen and oxygen atoms in total. The van der Waals surface area contributed by atoms with Crippen LogP contribution in [-0.2, 0) is 19.6 Å². The highest BCUT2D eigenvalue weighted by Crippen LogP contribution is 2.64. The number of ether oxygens (including phenoxy) is 1. The zero-order valence-corrected chi connectivity index (χ0v) is 17.2. The third-order valence-electron chi connectivity index (χ3n) is 5.17. The van der Waals surface area contributed by atoms with E-state index in [1.165, 1.54) is 28.6 Å². The second kappa shape index (κ2) is 7.35. The monoisotopic (exact) mass is 433 g/mol. The van der Waals surface area contributed by atoms with Gasteiger partial charge in [0.25, 0.3) is 0 Å². The zero-order chi connectivity index (χ0) is 19.9. The molecule has 1 aromatic carbocycles. The molecule has 0 radical (unpaired) electrons. The number of Topliss-reactive ketones (excluding diaryl/α,β-unsaturated/α-hetero) is 1. The van der Waals surface area contributed by atoms with Crippen LogP contribution in [-0.4, -0.2) is 48.5 Å². The number of piperidine rings is 1. The van der Waals surface area contributed by atoms with Crippen LogP contribution in [0, 0.1) is 5.41 Å². The molecule has 1 aliphatic carbocycles. The fourth-order valence-corrected chi connectivity index (χ4v) is 5.27. The predicted molar refractivity (Wildman–Crippen MR) is 102 cm³/mol. The van der Waals surface area contributed by atoms with E-state index >= 15 is 0 Å². The quantitative estimate of drug-likeness (QED) is 0.390. The average Bonchev–Trinajstić information content (AvgIpc) is 3.19. The van der Waals surface area contributed by atoms with Crippen molar-refractivity contribution < 1.29 is 22.7 Å². The Morgan fingerprint density at radius 1 is 1.11 bits per heavy atom. The molecule has 2 aliphatic rings. The van der Waals surface area contributed by atoms with Crippen molar-refractivity contribution in [2.75, 3.05) is 19.7 Å². The molecule has 1 saturated carbocycles. The SMILES string of the molecule is C[C@@]1(C(=O)OCC(=O)c2ccc(S(=O)(=O)N3CCCCC3)cc2)CC1(Cl)Cl. The third kappa shape index (κ3) is 4.01. The number of rotatable bonds is 6. The fourth-order valence-electron chi connectivity index (χ4n) is 3.06. The maximum atomic E-state index is 12.6. The van der Waals surface area contributed by atoms with Crippen molar-refractivity contribution in [3.05, 3.63) is 29.8 Å². The Kier molecular flexibility index (Phi) is 5.60. The molecule has 1 aliphatic heterocycles. The lowest BCUT2D eigenvalue weighted by Gasteiger charge is -2.25. The highest BCUT2D eigenvalue weighted by atomic mass is 35.5. The van der Waals surface area contributed by atoms with E-state index in [0.29, 0.717) is 13.1 Å². The Morgan fingerprint density at radius 2 is 1.67 bits per heavy atom. The number of hydrogen-bond donors (Lipinski definition) is 0. The van der Waals surface area contributed by atoms with Crippen molar-refractivity contribution in [3.63, 3.8) is 0 Å². The molecule has 0 aromatic heterocycles. The lowest BCUT2D eigenvalue weighted by molar-refractivity contribution is -0.148. The average molecular weight is 434 g/mol.